The highest BCUT2D eigenvalue weighted by atomic mass is 32.1. The zero-order valence-electron chi connectivity index (χ0n) is 15.1. The number of hydrogen-bond acceptors (Lipinski definition) is 6. The normalized spacial score (nSPS) is 15.1. The fourth-order valence-electron chi connectivity index (χ4n) is 3.12. The number of alkyl halides is 3. The fraction of sp³-hybridized carbons (Fsp3) is 0.368. The molecule has 9 heteroatoms. The van der Waals surface area contributed by atoms with Crippen LogP contribution < -0.4 is 5.32 Å². The summed E-state index contributed by atoms with van der Waals surface area (Å²) in [4.78, 5) is 17.9. The van der Waals surface area contributed by atoms with E-state index in [1.54, 1.807) is 29.5 Å². The molecule has 0 saturated carbocycles. The number of halogens is 3. The lowest BCUT2D eigenvalue weighted by Crippen LogP contribution is -2.14. The van der Waals surface area contributed by atoms with E-state index in [-0.39, 0.29) is 23.4 Å². The minimum atomic E-state index is -4.58. The Morgan fingerprint density at radius 1 is 1.11 bits per heavy atom. The zero-order chi connectivity index (χ0) is 19.7. The number of rotatable bonds is 4. The van der Waals surface area contributed by atoms with Gasteiger partial charge in [0, 0.05) is 17.1 Å². The van der Waals surface area contributed by atoms with Crippen LogP contribution in [-0.2, 0) is 19.0 Å². The summed E-state index contributed by atoms with van der Waals surface area (Å²) >= 11 is 1.62. The highest BCUT2D eigenvalue weighted by molar-refractivity contribution is 7.11. The Kier molecular flexibility index (Phi) is 5.01. The Balaban J connectivity index is 1.65. The van der Waals surface area contributed by atoms with Gasteiger partial charge in [-0.2, -0.15) is 13.2 Å². The van der Waals surface area contributed by atoms with Gasteiger partial charge in [-0.15, -0.1) is 11.3 Å². The molecule has 1 N–H and O–H groups in total. The molecule has 0 aromatic carbocycles. The molecule has 3 aromatic heterocycles. The predicted molar refractivity (Wildman–Crippen MR) is 101 cm³/mol. The van der Waals surface area contributed by atoms with Gasteiger partial charge in [-0.1, -0.05) is 6.07 Å². The van der Waals surface area contributed by atoms with E-state index in [2.05, 4.69) is 25.3 Å². The van der Waals surface area contributed by atoms with E-state index in [0.717, 1.165) is 42.5 Å². The molecule has 3 heterocycles. The second-order valence-corrected chi connectivity index (χ2v) is 7.79. The molecule has 1 aliphatic rings. The van der Waals surface area contributed by atoms with Crippen molar-refractivity contribution in [3.8, 4) is 11.5 Å². The van der Waals surface area contributed by atoms with Crippen molar-refractivity contribution in [2.24, 2.45) is 0 Å². The molecular formula is C19H18F3N5S. The Labute approximate surface area is 164 Å². The number of hydrogen-bond donors (Lipinski definition) is 1. The third-order valence-electron chi connectivity index (χ3n) is 4.51. The lowest BCUT2D eigenvalue weighted by molar-refractivity contribution is -0.141. The highest BCUT2D eigenvalue weighted by Gasteiger charge is 2.34. The van der Waals surface area contributed by atoms with Crippen LogP contribution in [0.2, 0.25) is 0 Å². The summed E-state index contributed by atoms with van der Waals surface area (Å²) in [6, 6.07) is 5.61. The van der Waals surface area contributed by atoms with E-state index in [1.165, 1.54) is 11.1 Å². The monoisotopic (exact) mass is 405 g/mol. The van der Waals surface area contributed by atoms with Gasteiger partial charge < -0.3 is 5.32 Å². The number of nitrogens with one attached hydrogen (secondary N) is 1. The standard InChI is InChI=1S/C19H18F3N5S/c1-11(18-25-12-6-2-3-8-14(12)28-18)24-16-10-15(19(20,21)22)26-17(27-16)13-7-4-5-9-23-13/h4-5,7,9-11H,2-3,6,8H2,1H3,(H,24,26,27). The van der Waals surface area contributed by atoms with Crippen molar-refractivity contribution in [2.45, 2.75) is 44.8 Å². The van der Waals surface area contributed by atoms with Gasteiger partial charge in [0.25, 0.3) is 0 Å². The van der Waals surface area contributed by atoms with Gasteiger partial charge in [0.05, 0.1) is 11.7 Å². The summed E-state index contributed by atoms with van der Waals surface area (Å²) in [5.41, 5.74) is 0.401. The summed E-state index contributed by atoms with van der Waals surface area (Å²) in [5.74, 6) is 0.0345. The molecule has 0 aliphatic heterocycles. The SMILES string of the molecule is CC(Nc1cc(C(F)(F)F)nc(-c2ccccn2)n1)c1nc2c(s1)CCCC2. The highest BCUT2D eigenvalue weighted by Crippen LogP contribution is 2.33. The predicted octanol–water partition coefficient (Wildman–Crippen LogP) is 5.07. The van der Waals surface area contributed by atoms with Gasteiger partial charge in [0.15, 0.2) is 11.5 Å². The van der Waals surface area contributed by atoms with Gasteiger partial charge >= 0.3 is 6.18 Å². The number of fused-ring (bicyclic) bond motifs is 1. The van der Waals surface area contributed by atoms with Crippen LogP contribution >= 0.6 is 11.3 Å². The first-order chi connectivity index (χ1) is 13.4. The van der Waals surface area contributed by atoms with Gasteiger partial charge in [-0.05, 0) is 44.7 Å². The maximum Gasteiger partial charge on any atom is 0.433 e. The third kappa shape index (κ3) is 3.99. The van der Waals surface area contributed by atoms with Crippen LogP contribution in [0.5, 0.6) is 0 Å². The maximum absolute atomic E-state index is 13.3. The van der Waals surface area contributed by atoms with E-state index in [0.29, 0.717) is 0 Å². The first-order valence-electron chi connectivity index (χ1n) is 9.03. The Hall–Kier alpha value is -2.55. The molecule has 0 saturated heterocycles. The lowest BCUT2D eigenvalue weighted by atomic mass is 10.0. The molecule has 4 rings (SSSR count). The molecule has 3 aromatic rings. The maximum atomic E-state index is 13.3. The molecule has 1 atom stereocenters. The minimum absolute atomic E-state index is 0.0661. The van der Waals surface area contributed by atoms with Crippen LogP contribution in [0.25, 0.3) is 11.5 Å². The number of thiazole rings is 1. The van der Waals surface area contributed by atoms with Gasteiger partial charge in [0.2, 0.25) is 0 Å². The topological polar surface area (TPSA) is 63.6 Å². The second kappa shape index (κ2) is 7.46. The molecule has 0 spiro atoms. The van der Waals surface area contributed by atoms with E-state index in [9.17, 15) is 13.2 Å². The molecule has 28 heavy (non-hydrogen) atoms. The lowest BCUT2D eigenvalue weighted by Gasteiger charge is -2.15. The second-order valence-electron chi connectivity index (χ2n) is 6.67. The van der Waals surface area contributed by atoms with E-state index in [1.807, 2.05) is 6.92 Å². The fourth-order valence-corrected chi connectivity index (χ4v) is 4.27. The van der Waals surface area contributed by atoms with Crippen LogP contribution in [-0.4, -0.2) is 19.9 Å². The molecule has 5 nitrogen and oxygen atoms in total. The van der Waals surface area contributed by atoms with Crippen molar-refractivity contribution >= 4 is 17.2 Å². The number of aryl methyl sites for hydroxylation is 2. The molecule has 0 radical (unpaired) electrons. The average Bonchev–Trinajstić information content (AvgIpc) is 3.12. The molecule has 146 valence electrons. The molecular weight excluding hydrogens is 387 g/mol. The third-order valence-corrected chi connectivity index (χ3v) is 5.85. The summed E-state index contributed by atoms with van der Waals surface area (Å²) in [5, 5.41) is 3.92. The van der Waals surface area contributed by atoms with Crippen molar-refractivity contribution in [3.63, 3.8) is 0 Å². The smallest absolute Gasteiger partial charge is 0.361 e. The van der Waals surface area contributed by atoms with Crippen LogP contribution in [0, 0.1) is 0 Å². The molecule has 0 amide bonds. The average molecular weight is 405 g/mol. The quantitative estimate of drug-likeness (QED) is 0.657. The van der Waals surface area contributed by atoms with Crippen molar-refractivity contribution < 1.29 is 13.2 Å². The first-order valence-corrected chi connectivity index (χ1v) is 9.84. The van der Waals surface area contributed by atoms with Crippen molar-refractivity contribution in [1.82, 2.24) is 19.9 Å². The van der Waals surface area contributed by atoms with Crippen molar-refractivity contribution in [3.05, 3.63) is 51.7 Å². The van der Waals surface area contributed by atoms with Gasteiger partial charge in [-0.3, -0.25) is 4.98 Å². The van der Waals surface area contributed by atoms with Gasteiger partial charge in [-0.25, -0.2) is 15.0 Å². The number of aromatic nitrogens is 4. The number of nitrogens with zero attached hydrogens (tertiary/aromatic N) is 4. The largest absolute Gasteiger partial charge is 0.433 e. The summed E-state index contributed by atoms with van der Waals surface area (Å²) < 4.78 is 40.0. The Morgan fingerprint density at radius 3 is 2.64 bits per heavy atom. The van der Waals surface area contributed by atoms with E-state index in [4.69, 9.17) is 0 Å². The summed E-state index contributed by atoms with van der Waals surface area (Å²) in [6.45, 7) is 1.88. The zero-order valence-corrected chi connectivity index (χ0v) is 15.9. The van der Waals surface area contributed by atoms with Crippen LogP contribution in [0.1, 0.15) is 47.1 Å². The first kappa shape index (κ1) is 18.8. The molecule has 0 fully saturated rings. The summed E-state index contributed by atoms with van der Waals surface area (Å²) in [7, 11) is 0. The minimum Gasteiger partial charge on any atom is -0.361 e. The van der Waals surface area contributed by atoms with Crippen molar-refractivity contribution in [2.75, 3.05) is 5.32 Å². The summed E-state index contributed by atoms with van der Waals surface area (Å²) in [6.07, 6.45) is 1.20. The van der Waals surface area contributed by atoms with E-state index >= 15 is 0 Å². The van der Waals surface area contributed by atoms with Crippen LogP contribution in [0.4, 0.5) is 19.0 Å². The van der Waals surface area contributed by atoms with Gasteiger partial charge in [0.1, 0.15) is 16.5 Å². The molecule has 0 bridgehead atoms. The molecule has 1 aliphatic carbocycles. The van der Waals surface area contributed by atoms with E-state index < -0.39 is 11.9 Å². The van der Waals surface area contributed by atoms with Crippen LogP contribution in [0.15, 0.2) is 30.5 Å². The number of anilines is 1. The van der Waals surface area contributed by atoms with Crippen LogP contribution in [0.3, 0.4) is 0 Å². The Morgan fingerprint density at radius 2 is 1.93 bits per heavy atom. The van der Waals surface area contributed by atoms with Crippen molar-refractivity contribution in [1.29, 1.82) is 0 Å². The Bertz CT molecular complexity index is 948. The molecule has 1 unspecified atom stereocenters. The number of pyridine rings is 1.